The minimum Gasteiger partial charge on any atom is -0.496 e. The third-order valence-corrected chi connectivity index (χ3v) is 2.33. The van der Waals surface area contributed by atoms with Crippen LogP contribution in [-0.4, -0.2) is 12.2 Å². The first kappa shape index (κ1) is 12.6. The molecular formula is C14H18O2. The number of aliphatic hydroxyl groups excluding tert-OH is 1. The van der Waals surface area contributed by atoms with Crippen molar-refractivity contribution in [3.8, 4) is 17.6 Å². The lowest BCUT2D eigenvalue weighted by Crippen LogP contribution is -1.97. The van der Waals surface area contributed by atoms with Gasteiger partial charge in [0.25, 0.3) is 0 Å². The van der Waals surface area contributed by atoms with E-state index in [-0.39, 0.29) is 0 Å². The molecule has 86 valence electrons. The summed E-state index contributed by atoms with van der Waals surface area (Å²) in [6.45, 7) is 2.12. The van der Waals surface area contributed by atoms with Gasteiger partial charge in [-0.15, -0.1) is 5.92 Å². The number of para-hydroxylation sites is 1. The third-order valence-electron chi connectivity index (χ3n) is 2.33. The Kier molecular flexibility index (Phi) is 5.45. The first-order valence-corrected chi connectivity index (χ1v) is 5.59. The van der Waals surface area contributed by atoms with E-state index in [1.165, 1.54) is 0 Å². The van der Waals surface area contributed by atoms with E-state index in [9.17, 15) is 5.11 Å². The number of rotatable bonds is 4. The lowest BCUT2D eigenvalue weighted by molar-refractivity contribution is 0.232. The number of hydrogen-bond acceptors (Lipinski definition) is 2. The summed E-state index contributed by atoms with van der Waals surface area (Å²) < 4.78 is 5.17. The maximum absolute atomic E-state index is 9.88. The molecule has 2 nitrogen and oxygen atoms in total. The Hall–Kier alpha value is -1.46. The second-order valence-electron chi connectivity index (χ2n) is 3.57. The van der Waals surface area contributed by atoms with Gasteiger partial charge in [-0.3, -0.25) is 0 Å². The molecule has 1 atom stereocenters. The summed E-state index contributed by atoms with van der Waals surface area (Å²) >= 11 is 0. The molecule has 0 aliphatic carbocycles. The standard InChI is InChI=1S/C14H18O2/c1-3-4-5-6-10-13(15)12-9-7-8-11-14(12)16-2/h7-9,11,13,15H,3-5H2,1-2H3. The fourth-order valence-corrected chi connectivity index (χ4v) is 1.40. The summed E-state index contributed by atoms with van der Waals surface area (Å²) in [5.74, 6) is 6.49. The Morgan fingerprint density at radius 1 is 1.38 bits per heavy atom. The van der Waals surface area contributed by atoms with Crippen LogP contribution in [0.15, 0.2) is 24.3 Å². The summed E-state index contributed by atoms with van der Waals surface area (Å²) in [5, 5.41) is 9.88. The summed E-state index contributed by atoms with van der Waals surface area (Å²) in [7, 11) is 1.59. The Balaban J connectivity index is 2.70. The summed E-state index contributed by atoms with van der Waals surface area (Å²) in [6, 6.07) is 7.40. The first-order valence-electron chi connectivity index (χ1n) is 5.59. The molecule has 0 saturated carbocycles. The van der Waals surface area contributed by atoms with Crippen LogP contribution in [0.4, 0.5) is 0 Å². The molecule has 2 heteroatoms. The van der Waals surface area contributed by atoms with Crippen molar-refractivity contribution < 1.29 is 9.84 Å². The van der Waals surface area contributed by atoms with Crippen LogP contribution in [0.2, 0.25) is 0 Å². The van der Waals surface area contributed by atoms with E-state index >= 15 is 0 Å². The minimum absolute atomic E-state index is 0.680. The number of hydrogen-bond donors (Lipinski definition) is 1. The van der Waals surface area contributed by atoms with E-state index in [0.717, 1.165) is 24.8 Å². The van der Waals surface area contributed by atoms with Crippen molar-refractivity contribution in [3.63, 3.8) is 0 Å². The predicted octanol–water partition coefficient (Wildman–Crippen LogP) is 2.92. The number of methoxy groups -OCH3 is 1. The molecule has 0 bridgehead atoms. The van der Waals surface area contributed by atoms with E-state index in [1.54, 1.807) is 7.11 Å². The van der Waals surface area contributed by atoms with Gasteiger partial charge in [0.2, 0.25) is 0 Å². The second kappa shape index (κ2) is 6.92. The van der Waals surface area contributed by atoms with E-state index in [1.807, 2.05) is 24.3 Å². The van der Waals surface area contributed by atoms with Crippen molar-refractivity contribution in [1.82, 2.24) is 0 Å². The topological polar surface area (TPSA) is 29.5 Å². The fourth-order valence-electron chi connectivity index (χ4n) is 1.40. The molecule has 0 fully saturated rings. The Labute approximate surface area is 97.3 Å². The first-order chi connectivity index (χ1) is 7.79. The second-order valence-corrected chi connectivity index (χ2v) is 3.57. The lowest BCUT2D eigenvalue weighted by atomic mass is 10.1. The quantitative estimate of drug-likeness (QED) is 0.622. The highest BCUT2D eigenvalue weighted by Gasteiger charge is 2.08. The molecular weight excluding hydrogens is 200 g/mol. The molecule has 1 N–H and O–H groups in total. The molecule has 0 aromatic heterocycles. The zero-order valence-corrected chi connectivity index (χ0v) is 9.86. The van der Waals surface area contributed by atoms with Gasteiger partial charge < -0.3 is 9.84 Å². The average Bonchev–Trinajstić information content (AvgIpc) is 2.34. The Morgan fingerprint density at radius 2 is 2.12 bits per heavy atom. The monoisotopic (exact) mass is 218 g/mol. The van der Waals surface area contributed by atoms with Crippen molar-refractivity contribution in [2.75, 3.05) is 7.11 Å². The van der Waals surface area contributed by atoms with Crippen LogP contribution >= 0.6 is 0 Å². The van der Waals surface area contributed by atoms with Crippen LogP contribution in [-0.2, 0) is 0 Å². The molecule has 0 amide bonds. The SMILES string of the molecule is CCCCC#CC(O)c1ccccc1OC. The molecule has 1 rings (SSSR count). The van der Waals surface area contributed by atoms with Crippen molar-refractivity contribution in [2.45, 2.75) is 32.3 Å². The molecule has 16 heavy (non-hydrogen) atoms. The highest BCUT2D eigenvalue weighted by Crippen LogP contribution is 2.23. The van der Waals surface area contributed by atoms with Gasteiger partial charge >= 0.3 is 0 Å². The number of benzene rings is 1. The minimum atomic E-state index is -0.756. The van der Waals surface area contributed by atoms with Gasteiger partial charge in [-0.2, -0.15) is 0 Å². The number of unbranched alkanes of at least 4 members (excludes halogenated alkanes) is 2. The zero-order chi connectivity index (χ0) is 11.8. The Bertz CT molecular complexity index is 374. The van der Waals surface area contributed by atoms with Crippen molar-refractivity contribution in [2.24, 2.45) is 0 Å². The normalized spacial score (nSPS) is 11.4. The van der Waals surface area contributed by atoms with E-state index in [0.29, 0.717) is 5.75 Å². The molecule has 1 aromatic carbocycles. The van der Waals surface area contributed by atoms with Gasteiger partial charge in [0.05, 0.1) is 7.11 Å². The molecule has 0 heterocycles. The maximum Gasteiger partial charge on any atom is 0.143 e. The molecule has 1 aromatic rings. The van der Waals surface area contributed by atoms with Crippen molar-refractivity contribution in [1.29, 1.82) is 0 Å². The summed E-state index contributed by atoms with van der Waals surface area (Å²) in [4.78, 5) is 0. The van der Waals surface area contributed by atoms with Gasteiger partial charge in [-0.1, -0.05) is 37.5 Å². The molecule has 0 radical (unpaired) electrons. The lowest BCUT2D eigenvalue weighted by Gasteiger charge is -2.09. The Morgan fingerprint density at radius 3 is 2.81 bits per heavy atom. The van der Waals surface area contributed by atoms with Crippen molar-refractivity contribution in [3.05, 3.63) is 29.8 Å². The predicted molar refractivity (Wildman–Crippen MR) is 65.3 cm³/mol. The zero-order valence-electron chi connectivity index (χ0n) is 9.86. The molecule has 0 aliphatic heterocycles. The van der Waals surface area contributed by atoms with Crippen LogP contribution < -0.4 is 4.74 Å². The number of ether oxygens (including phenoxy) is 1. The van der Waals surface area contributed by atoms with Gasteiger partial charge in [-0.05, 0) is 12.5 Å². The van der Waals surface area contributed by atoms with Crippen molar-refractivity contribution >= 4 is 0 Å². The van der Waals surface area contributed by atoms with Crippen LogP contribution in [0.3, 0.4) is 0 Å². The highest BCUT2D eigenvalue weighted by molar-refractivity contribution is 5.38. The molecule has 0 spiro atoms. The highest BCUT2D eigenvalue weighted by atomic mass is 16.5. The smallest absolute Gasteiger partial charge is 0.143 e. The number of aliphatic hydroxyl groups is 1. The van der Waals surface area contributed by atoms with Gasteiger partial charge in [0.15, 0.2) is 0 Å². The van der Waals surface area contributed by atoms with Crippen LogP contribution in [0, 0.1) is 11.8 Å². The summed E-state index contributed by atoms with van der Waals surface area (Å²) in [6.07, 6.45) is 2.28. The van der Waals surface area contributed by atoms with Gasteiger partial charge in [0, 0.05) is 12.0 Å². The fraction of sp³-hybridized carbons (Fsp3) is 0.429. The molecule has 1 unspecified atom stereocenters. The van der Waals surface area contributed by atoms with Gasteiger partial charge in [0.1, 0.15) is 11.9 Å². The van der Waals surface area contributed by atoms with Gasteiger partial charge in [-0.25, -0.2) is 0 Å². The molecule has 0 saturated heterocycles. The summed E-state index contributed by atoms with van der Waals surface area (Å²) in [5.41, 5.74) is 0.731. The third kappa shape index (κ3) is 3.60. The van der Waals surface area contributed by atoms with E-state index in [4.69, 9.17) is 4.74 Å². The van der Waals surface area contributed by atoms with E-state index in [2.05, 4.69) is 18.8 Å². The molecule has 0 aliphatic rings. The largest absolute Gasteiger partial charge is 0.496 e. The van der Waals surface area contributed by atoms with Crippen LogP contribution in [0.1, 0.15) is 37.9 Å². The maximum atomic E-state index is 9.88. The average molecular weight is 218 g/mol. The van der Waals surface area contributed by atoms with Crippen LogP contribution in [0.5, 0.6) is 5.75 Å². The van der Waals surface area contributed by atoms with Crippen LogP contribution in [0.25, 0.3) is 0 Å². The van der Waals surface area contributed by atoms with E-state index < -0.39 is 6.10 Å².